The standard InChI is InChI=1S/C15H15ClF3N3O3S2/c1-8-7-9(16)3-4-10(8)12-11-13(20-5-6-26-12)22(2)21-14(11)25-27(23,24)15(17,18)19/h3-4,7,12,20H,5-6H2,1-2H3. The molecule has 2 heterocycles. The van der Waals surface area contributed by atoms with E-state index < -0.39 is 26.8 Å². The molecule has 1 unspecified atom stereocenters. The number of alkyl halides is 3. The van der Waals surface area contributed by atoms with Gasteiger partial charge >= 0.3 is 15.6 Å². The summed E-state index contributed by atoms with van der Waals surface area (Å²) in [7, 11) is -4.34. The molecule has 1 aliphatic heterocycles. The van der Waals surface area contributed by atoms with Gasteiger partial charge < -0.3 is 9.50 Å². The monoisotopic (exact) mass is 441 g/mol. The fourth-order valence-electron chi connectivity index (χ4n) is 2.78. The average molecular weight is 442 g/mol. The van der Waals surface area contributed by atoms with Crippen molar-refractivity contribution in [1.29, 1.82) is 0 Å². The van der Waals surface area contributed by atoms with E-state index in [0.717, 1.165) is 11.1 Å². The van der Waals surface area contributed by atoms with Crippen LogP contribution in [-0.2, 0) is 17.2 Å². The van der Waals surface area contributed by atoms with E-state index in [1.165, 1.54) is 23.5 Å². The number of aromatic nitrogens is 2. The highest BCUT2D eigenvalue weighted by atomic mass is 35.5. The quantitative estimate of drug-likeness (QED) is 0.576. The molecule has 1 aliphatic rings. The average Bonchev–Trinajstić information content (AvgIpc) is 2.71. The molecule has 1 aromatic heterocycles. The third-order valence-electron chi connectivity index (χ3n) is 3.98. The molecule has 0 aliphatic carbocycles. The molecule has 0 bridgehead atoms. The van der Waals surface area contributed by atoms with Crippen molar-refractivity contribution in [3.8, 4) is 5.88 Å². The van der Waals surface area contributed by atoms with Crippen LogP contribution >= 0.6 is 23.4 Å². The van der Waals surface area contributed by atoms with Gasteiger partial charge in [-0.25, -0.2) is 4.68 Å². The third-order valence-corrected chi connectivity index (χ3v) is 6.42. The zero-order chi connectivity index (χ0) is 20.0. The lowest BCUT2D eigenvalue weighted by molar-refractivity contribution is -0.0501. The number of fused-ring (bicyclic) bond motifs is 1. The molecule has 0 saturated heterocycles. The zero-order valence-corrected chi connectivity index (χ0v) is 16.6. The molecular weight excluding hydrogens is 427 g/mol. The minimum Gasteiger partial charge on any atom is -0.369 e. The van der Waals surface area contributed by atoms with E-state index in [2.05, 4.69) is 14.6 Å². The third kappa shape index (κ3) is 3.85. The number of hydrogen-bond acceptors (Lipinski definition) is 6. The van der Waals surface area contributed by atoms with Gasteiger partial charge in [-0.05, 0) is 30.2 Å². The maximum atomic E-state index is 12.8. The number of rotatable bonds is 3. The van der Waals surface area contributed by atoms with Crippen LogP contribution in [0.2, 0.25) is 5.02 Å². The summed E-state index contributed by atoms with van der Waals surface area (Å²) in [5.41, 5.74) is -3.69. The molecule has 1 N–H and O–H groups in total. The lowest BCUT2D eigenvalue weighted by Crippen LogP contribution is -2.28. The molecule has 0 spiro atoms. The van der Waals surface area contributed by atoms with Crippen LogP contribution in [0.1, 0.15) is 21.9 Å². The van der Waals surface area contributed by atoms with Crippen LogP contribution in [0.3, 0.4) is 0 Å². The molecule has 0 saturated carbocycles. The minimum absolute atomic E-state index is 0.248. The summed E-state index contributed by atoms with van der Waals surface area (Å²) in [6.07, 6.45) is 0. The highest BCUT2D eigenvalue weighted by molar-refractivity contribution is 7.99. The van der Waals surface area contributed by atoms with Gasteiger partial charge in [0.2, 0.25) is 0 Å². The summed E-state index contributed by atoms with van der Waals surface area (Å²) < 4.78 is 67.1. The van der Waals surface area contributed by atoms with E-state index >= 15 is 0 Å². The fourth-order valence-corrected chi connectivity index (χ4v) is 4.71. The molecule has 2 aromatic rings. The number of aryl methyl sites for hydroxylation is 2. The predicted octanol–water partition coefficient (Wildman–Crippen LogP) is 3.86. The van der Waals surface area contributed by atoms with E-state index in [4.69, 9.17) is 11.6 Å². The van der Waals surface area contributed by atoms with Crippen molar-refractivity contribution < 1.29 is 25.8 Å². The second-order valence-electron chi connectivity index (χ2n) is 5.85. The molecular formula is C15H15ClF3N3O3S2. The van der Waals surface area contributed by atoms with E-state index in [1.54, 1.807) is 18.2 Å². The Morgan fingerprint density at radius 2 is 2.11 bits per heavy atom. The lowest BCUT2D eigenvalue weighted by atomic mass is 10.0. The molecule has 6 nitrogen and oxygen atoms in total. The molecule has 27 heavy (non-hydrogen) atoms. The summed E-state index contributed by atoms with van der Waals surface area (Å²) in [6.45, 7) is 2.36. The van der Waals surface area contributed by atoms with E-state index in [-0.39, 0.29) is 5.56 Å². The first-order valence-corrected chi connectivity index (χ1v) is 10.5. The SMILES string of the molecule is Cc1cc(Cl)ccc1C1SCCNc2c1c(OS(=O)(=O)C(F)(F)F)nn2C. The van der Waals surface area contributed by atoms with Crippen LogP contribution in [-0.4, -0.2) is 36.0 Å². The molecule has 3 rings (SSSR count). The second-order valence-corrected chi connectivity index (χ2v) is 9.04. The Morgan fingerprint density at radius 3 is 2.74 bits per heavy atom. The second kappa shape index (κ2) is 7.10. The van der Waals surface area contributed by atoms with Gasteiger partial charge in [0, 0.05) is 24.4 Å². The number of anilines is 1. The zero-order valence-electron chi connectivity index (χ0n) is 14.2. The lowest BCUT2D eigenvalue weighted by Gasteiger charge is -2.18. The largest absolute Gasteiger partial charge is 0.534 e. The van der Waals surface area contributed by atoms with Crippen LogP contribution in [0.5, 0.6) is 5.88 Å². The maximum absolute atomic E-state index is 12.8. The predicted molar refractivity (Wildman–Crippen MR) is 97.8 cm³/mol. The fraction of sp³-hybridized carbons (Fsp3) is 0.400. The Hall–Kier alpha value is -1.59. The van der Waals surface area contributed by atoms with Crippen molar-refractivity contribution in [2.24, 2.45) is 7.05 Å². The van der Waals surface area contributed by atoms with Crippen LogP contribution in [0.25, 0.3) is 0 Å². The van der Waals surface area contributed by atoms with Gasteiger partial charge in [0.1, 0.15) is 5.82 Å². The Kier molecular flexibility index (Phi) is 5.30. The molecule has 12 heteroatoms. The summed E-state index contributed by atoms with van der Waals surface area (Å²) >= 11 is 7.44. The van der Waals surface area contributed by atoms with Crippen molar-refractivity contribution in [2.45, 2.75) is 17.7 Å². The number of nitrogens with one attached hydrogen (secondary N) is 1. The van der Waals surface area contributed by atoms with Crippen LogP contribution in [0, 0.1) is 6.92 Å². The Morgan fingerprint density at radius 1 is 1.41 bits per heavy atom. The summed E-state index contributed by atoms with van der Waals surface area (Å²) in [4.78, 5) is 0. The van der Waals surface area contributed by atoms with E-state index in [1.807, 2.05) is 6.92 Å². The Bertz CT molecular complexity index is 977. The first-order valence-electron chi connectivity index (χ1n) is 7.70. The topological polar surface area (TPSA) is 73.2 Å². The molecule has 148 valence electrons. The van der Waals surface area contributed by atoms with Gasteiger partial charge in [0.05, 0.1) is 10.8 Å². The summed E-state index contributed by atoms with van der Waals surface area (Å²) in [6, 6.07) is 5.17. The van der Waals surface area contributed by atoms with Gasteiger partial charge in [0.25, 0.3) is 5.88 Å². The number of benzene rings is 1. The van der Waals surface area contributed by atoms with Gasteiger partial charge in [-0.1, -0.05) is 17.7 Å². The number of nitrogens with zero attached hydrogens (tertiary/aromatic N) is 2. The Labute approximate surface area is 163 Å². The van der Waals surface area contributed by atoms with Gasteiger partial charge in [0.15, 0.2) is 0 Å². The smallest absolute Gasteiger partial charge is 0.369 e. The van der Waals surface area contributed by atoms with Crippen molar-refractivity contribution in [2.75, 3.05) is 17.6 Å². The number of halogens is 4. The minimum atomic E-state index is -5.84. The molecule has 0 radical (unpaired) electrons. The normalized spacial score (nSPS) is 17.8. The van der Waals surface area contributed by atoms with Gasteiger partial charge in [-0.2, -0.15) is 21.6 Å². The highest BCUT2D eigenvalue weighted by Gasteiger charge is 2.50. The van der Waals surface area contributed by atoms with Gasteiger partial charge in [-0.15, -0.1) is 16.9 Å². The van der Waals surface area contributed by atoms with Gasteiger partial charge in [-0.3, -0.25) is 0 Å². The molecule has 1 aromatic carbocycles. The van der Waals surface area contributed by atoms with Crippen molar-refractivity contribution in [3.05, 3.63) is 39.9 Å². The van der Waals surface area contributed by atoms with E-state index in [0.29, 0.717) is 23.1 Å². The van der Waals surface area contributed by atoms with Crippen LogP contribution in [0.4, 0.5) is 19.0 Å². The first kappa shape index (κ1) is 20.2. The summed E-state index contributed by atoms with van der Waals surface area (Å²) in [5, 5.41) is 6.99. The van der Waals surface area contributed by atoms with E-state index in [9.17, 15) is 21.6 Å². The van der Waals surface area contributed by atoms with Crippen LogP contribution in [0.15, 0.2) is 18.2 Å². The van der Waals surface area contributed by atoms with Crippen molar-refractivity contribution >= 4 is 39.3 Å². The first-order chi connectivity index (χ1) is 12.5. The van der Waals surface area contributed by atoms with Crippen molar-refractivity contribution in [1.82, 2.24) is 9.78 Å². The molecule has 1 atom stereocenters. The maximum Gasteiger partial charge on any atom is 0.534 e. The van der Waals surface area contributed by atoms with Crippen molar-refractivity contribution in [3.63, 3.8) is 0 Å². The molecule has 0 fully saturated rings. The molecule has 0 amide bonds. The Balaban J connectivity index is 2.15. The number of thioether (sulfide) groups is 1. The van der Waals surface area contributed by atoms with Crippen LogP contribution < -0.4 is 9.50 Å². The number of hydrogen-bond donors (Lipinski definition) is 1. The summed E-state index contributed by atoms with van der Waals surface area (Å²) in [5.74, 6) is 0.463. The highest BCUT2D eigenvalue weighted by Crippen LogP contribution is 2.47.